The molecule has 0 amide bonds. The molecule has 1 N–H and O–H groups in total. The molecule has 0 spiro atoms. The zero-order valence-electron chi connectivity index (χ0n) is 8.07. The van der Waals surface area contributed by atoms with Crippen molar-refractivity contribution >= 4 is 10.9 Å². The lowest BCUT2D eigenvalue weighted by molar-refractivity contribution is 0.835. The first kappa shape index (κ1) is 9.30. The van der Waals surface area contributed by atoms with Crippen molar-refractivity contribution in [3.8, 4) is 12.1 Å². The molecule has 2 aromatic rings. The summed E-state index contributed by atoms with van der Waals surface area (Å²) in [5, 5.41) is 18.5. The van der Waals surface area contributed by atoms with Crippen LogP contribution in [0.4, 0.5) is 0 Å². The Hall–Kier alpha value is -2.26. The van der Waals surface area contributed by atoms with Crippen molar-refractivity contribution < 1.29 is 0 Å². The maximum Gasteiger partial charge on any atom is 0.137 e. The first-order valence-electron chi connectivity index (χ1n) is 4.69. The molecule has 1 heterocycles. The fourth-order valence-corrected chi connectivity index (χ4v) is 1.59. The molecule has 0 fully saturated rings. The zero-order chi connectivity index (χ0) is 10.7. The van der Waals surface area contributed by atoms with E-state index >= 15 is 0 Å². The van der Waals surface area contributed by atoms with Gasteiger partial charge >= 0.3 is 0 Å². The predicted molar refractivity (Wildman–Crippen MR) is 56.7 cm³/mol. The van der Waals surface area contributed by atoms with Gasteiger partial charge in [0, 0.05) is 18.1 Å². The minimum Gasteiger partial charge on any atom is -0.361 e. The SMILES string of the molecule is N#CC(C#N)Cc1ccc2[nH]ccc2c1. The first-order chi connectivity index (χ1) is 7.33. The number of H-pyrrole nitrogens is 1. The molecule has 0 bridgehead atoms. The van der Waals surface area contributed by atoms with E-state index < -0.39 is 5.92 Å². The molecule has 3 nitrogen and oxygen atoms in total. The molecule has 0 aliphatic heterocycles. The van der Waals surface area contributed by atoms with Crippen LogP contribution < -0.4 is 0 Å². The molecular formula is C12H9N3. The summed E-state index contributed by atoms with van der Waals surface area (Å²) in [6, 6.07) is 11.8. The minimum absolute atomic E-state index is 0.494. The van der Waals surface area contributed by atoms with Gasteiger partial charge in [-0.3, -0.25) is 0 Å². The van der Waals surface area contributed by atoms with Gasteiger partial charge in [0.1, 0.15) is 5.92 Å². The molecule has 2 rings (SSSR count). The van der Waals surface area contributed by atoms with Gasteiger partial charge in [0.2, 0.25) is 0 Å². The lowest BCUT2D eigenvalue weighted by atomic mass is 10.0. The standard InChI is InChI=1S/C12H9N3/c13-7-10(8-14)5-9-1-2-12-11(6-9)3-4-15-12/h1-4,6,10,15H,5H2. The van der Waals surface area contributed by atoms with Gasteiger partial charge in [-0.2, -0.15) is 10.5 Å². The molecule has 72 valence electrons. The highest BCUT2D eigenvalue weighted by Crippen LogP contribution is 2.16. The fourth-order valence-electron chi connectivity index (χ4n) is 1.59. The van der Waals surface area contributed by atoms with Crippen LogP contribution >= 0.6 is 0 Å². The molecule has 1 aromatic carbocycles. The Kier molecular flexibility index (Phi) is 2.39. The summed E-state index contributed by atoms with van der Waals surface area (Å²) in [6.45, 7) is 0. The number of benzene rings is 1. The number of rotatable bonds is 2. The van der Waals surface area contributed by atoms with E-state index in [1.807, 2.05) is 42.6 Å². The zero-order valence-corrected chi connectivity index (χ0v) is 8.07. The third-order valence-electron chi connectivity index (χ3n) is 2.37. The average molecular weight is 195 g/mol. The highest BCUT2D eigenvalue weighted by molar-refractivity contribution is 5.79. The Morgan fingerprint density at radius 3 is 2.73 bits per heavy atom. The van der Waals surface area contributed by atoms with Gasteiger partial charge in [-0.15, -0.1) is 0 Å². The van der Waals surface area contributed by atoms with Crippen molar-refractivity contribution in [1.82, 2.24) is 4.98 Å². The molecule has 0 aliphatic carbocycles. The number of aromatic nitrogens is 1. The number of nitrogens with zero attached hydrogens (tertiary/aromatic N) is 2. The van der Waals surface area contributed by atoms with Crippen molar-refractivity contribution in [2.75, 3.05) is 0 Å². The maximum atomic E-state index is 8.68. The third-order valence-corrected chi connectivity index (χ3v) is 2.37. The summed E-state index contributed by atoms with van der Waals surface area (Å²) in [7, 11) is 0. The van der Waals surface area contributed by atoms with Gasteiger partial charge in [-0.25, -0.2) is 0 Å². The number of fused-ring (bicyclic) bond motifs is 1. The van der Waals surface area contributed by atoms with Crippen molar-refractivity contribution in [1.29, 1.82) is 10.5 Å². The van der Waals surface area contributed by atoms with E-state index in [9.17, 15) is 0 Å². The molecule has 0 aliphatic rings. The summed E-state index contributed by atoms with van der Waals surface area (Å²) in [5.74, 6) is -0.554. The van der Waals surface area contributed by atoms with Gasteiger partial charge in [0.15, 0.2) is 0 Å². The number of aromatic amines is 1. The lowest BCUT2D eigenvalue weighted by Crippen LogP contribution is -1.97. The lowest BCUT2D eigenvalue weighted by Gasteiger charge is -2.00. The summed E-state index contributed by atoms with van der Waals surface area (Å²) < 4.78 is 0. The van der Waals surface area contributed by atoms with Gasteiger partial charge in [-0.1, -0.05) is 6.07 Å². The Labute approximate surface area is 87.6 Å². The van der Waals surface area contributed by atoms with Crippen molar-refractivity contribution in [2.24, 2.45) is 5.92 Å². The smallest absolute Gasteiger partial charge is 0.137 e. The molecule has 0 atom stereocenters. The second kappa shape index (κ2) is 3.86. The molecule has 3 heteroatoms. The minimum atomic E-state index is -0.554. The molecule has 0 radical (unpaired) electrons. The van der Waals surface area contributed by atoms with Gasteiger partial charge in [0.25, 0.3) is 0 Å². The number of hydrogen-bond donors (Lipinski definition) is 1. The van der Waals surface area contributed by atoms with E-state index in [2.05, 4.69) is 4.98 Å². The molecule has 0 unspecified atom stereocenters. The van der Waals surface area contributed by atoms with Crippen LogP contribution in [0.25, 0.3) is 10.9 Å². The largest absolute Gasteiger partial charge is 0.361 e. The van der Waals surface area contributed by atoms with E-state index in [4.69, 9.17) is 10.5 Å². The second-order valence-corrected chi connectivity index (χ2v) is 3.41. The molecule has 0 saturated carbocycles. The van der Waals surface area contributed by atoms with Crippen LogP contribution in [0.3, 0.4) is 0 Å². The van der Waals surface area contributed by atoms with E-state index in [-0.39, 0.29) is 0 Å². The highest BCUT2D eigenvalue weighted by atomic mass is 14.7. The van der Waals surface area contributed by atoms with Gasteiger partial charge < -0.3 is 4.98 Å². The third kappa shape index (κ3) is 1.82. The van der Waals surface area contributed by atoms with Gasteiger partial charge in [-0.05, 0) is 29.1 Å². The Balaban J connectivity index is 2.30. The summed E-state index contributed by atoms with van der Waals surface area (Å²) in [4.78, 5) is 3.10. The van der Waals surface area contributed by atoms with Crippen LogP contribution in [0.2, 0.25) is 0 Å². The van der Waals surface area contributed by atoms with Crippen LogP contribution in [0.1, 0.15) is 5.56 Å². The Morgan fingerprint density at radius 2 is 2.00 bits per heavy atom. The quantitative estimate of drug-likeness (QED) is 0.799. The molecular weight excluding hydrogens is 186 g/mol. The van der Waals surface area contributed by atoms with E-state index in [0.29, 0.717) is 6.42 Å². The maximum absolute atomic E-state index is 8.68. The Bertz CT molecular complexity index is 540. The van der Waals surface area contributed by atoms with Crippen LogP contribution in [0, 0.1) is 28.6 Å². The first-order valence-corrected chi connectivity index (χ1v) is 4.69. The normalized spacial score (nSPS) is 10.1. The summed E-state index contributed by atoms with van der Waals surface area (Å²) in [6.07, 6.45) is 2.37. The molecule has 15 heavy (non-hydrogen) atoms. The molecule has 0 saturated heterocycles. The van der Waals surface area contributed by atoms with Crippen LogP contribution in [0.15, 0.2) is 30.5 Å². The van der Waals surface area contributed by atoms with E-state index in [0.717, 1.165) is 16.5 Å². The molecule has 1 aromatic heterocycles. The predicted octanol–water partition coefficient (Wildman–Crippen LogP) is 2.37. The van der Waals surface area contributed by atoms with Crippen LogP contribution in [-0.4, -0.2) is 4.98 Å². The van der Waals surface area contributed by atoms with Crippen molar-refractivity contribution in [3.05, 3.63) is 36.0 Å². The summed E-state index contributed by atoms with van der Waals surface area (Å²) in [5.41, 5.74) is 2.10. The van der Waals surface area contributed by atoms with Crippen LogP contribution in [-0.2, 0) is 6.42 Å². The van der Waals surface area contributed by atoms with E-state index in [1.54, 1.807) is 0 Å². The van der Waals surface area contributed by atoms with E-state index in [1.165, 1.54) is 0 Å². The number of hydrogen-bond acceptors (Lipinski definition) is 2. The second-order valence-electron chi connectivity index (χ2n) is 3.41. The van der Waals surface area contributed by atoms with Crippen LogP contribution in [0.5, 0.6) is 0 Å². The van der Waals surface area contributed by atoms with Crippen molar-refractivity contribution in [3.63, 3.8) is 0 Å². The topological polar surface area (TPSA) is 63.4 Å². The Morgan fingerprint density at radius 1 is 1.20 bits per heavy atom. The number of nitrogens with one attached hydrogen (secondary N) is 1. The van der Waals surface area contributed by atoms with Gasteiger partial charge in [0.05, 0.1) is 12.1 Å². The number of nitriles is 2. The average Bonchev–Trinajstić information content (AvgIpc) is 2.73. The fraction of sp³-hybridized carbons (Fsp3) is 0.167. The van der Waals surface area contributed by atoms with Crippen molar-refractivity contribution in [2.45, 2.75) is 6.42 Å². The monoisotopic (exact) mass is 195 g/mol. The highest BCUT2D eigenvalue weighted by Gasteiger charge is 2.07. The summed E-state index contributed by atoms with van der Waals surface area (Å²) >= 11 is 0.